The summed E-state index contributed by atoms with van der Waals surface area (Å²) in [5, 5.41) is 12.3. The van der Waals surface area contributed by atoms with Crippen LogP contribution >= 0.6 is 0 Å². The van der Waals surface area contributed by atoms with Crippen molar-refractivity contribution in [1.29, 1.82) is 5.26 Å². The predicted molar refractivity (Wildman–Crippen MR) is 74.6 cm³/mol. The molecular formula is C15H20FN3. The van der Waals surface area contributed by atoms with Crippen molar-refractivity contribution in [3.63, 3.8) is 0 Å². The van der Waals surface area contributed by atoms with Gasteiger partial charge in [0.2, 0.25) is 0 Å². The normalized spacial score (nSPS) is 23.9. The van der Waals surface area contributed by atoms with Crippen molar-refractivity contribution in [2.75, 3.05) is 18.9 Å². The second kappa shape index (κ2) is 5.58. The van der Waals surface area contributed by atoms with Crippen LogP contribution in [0.5, 0.6) is 0 Å². The zero-order valence-electron chi connectivity index (χ0n) is 11.7. The van der Waals surface area contributed by atoms with E-state index in [9.17, 15) is 4.39 Å². The highest BCUT2D eigenvalue weighted by molar-refractivity contribution is 5.56. The molecule has 1 fully saturated rings. The van der Waals surface area contributed by atoms with Gasteiger partial charge in [0.15, 0.2) is 0 Å². The summed E-state index contributed by atoms with van der Waals surface area (Å²) < 4.78 is 13.7. The molecule has 0 bridgehead atoms. The van der Waals surface area contributed by atoms with Crippen LogP contribution in [-0.2, 0) is 0 Å². The lowest BCUT2D eigenvalue weighted by atomic mass is 9.98. The minimum Gasteiger partial charge on any atom is -0.382 e. The maximum absolute atomic E-state index is 13.7. The van der Waals surface area contributed by atoms with Crippen molar-refractivity contribution in [2.24, 2.45) is 0 Å². The molecular weight excluding hydrogens is 241 g/mol. The van der Waals surface area contributed by atoms with E-state index in [1.54, 1.807) is 13.0 Å². The highest BCUT2D eigenvalue weighted by atomic mass is 19.1. The van der Waals surface area contributed by atoms with Crippen LogP contribution < -0.4 is 5.32 Å². The fourth-order valence-corrected chi connectivity index (χ4v) is 2.53. The van der Waals surface area contributed by atoms with Gasteiger partial charge in [0.05, 0.1) is 11.6 Å². The molecule has 0 aliphatic carbocycles. The van der Waals surface area contributed by atoms with Crippen molar-refractivity contribution in [3.05, 3.63) is 29.1 Å². The second-order valence-electron chi connectivity index (χ2n) is 5.44. The molecule has 2 unspecified atom stereocenters. The standard InChI is InChI=1S/C15H20FN3/c1-10-6-13(4-5-19(10)3)18-15-8-12(9-17)7-14(16)11(15)2/h7-8,10,13,18H,4-6H2,1-3H3. The predicted octanol–water partition coefficient (Wildman–Crippen LogP) is 2.90. The van der Waals surface area contributed by atoms with Gasteiger partial charge < -0.3 is 10.2 Å². The first-order valence-corrected chi connectivity index (χ1v) is 6.68. The molecule has 1 N–H and O–H groups in total. The average Bonchev–Trinajstić information content (AvgIpc) is 2.39. The summed E-state index contributed by atoms with van der Waals surface area (Å²) in [6.45, 7) is 4.99. The molecule has 0 saturated carbocycles. The van der Waals surface area contributed by atoms with Gasteiger partial charge in [-0.15, -0.1) is 0 Å². The number of nitrogens with zero attached hydrogens (tertiary/aromatic N) is 2. The molecule has 19 heavy (non-hydrogen) atoms. The van der Waals surface area contributed by atoms with E-state index in [0.29, 0.717) is 23.2 Å². The Balaban J connectivity index is 2.15. The molecule has 2 rings (SSSR count). The molecule has 0 radical (unpaired) electrons. The van der Waals surface area contributed by atoms with E-state index in [2.05, 4.69) is 24.2 Å². The summed E-state index contributed by atoms with van der Waals surface area (Å²) in [6, 6.07) is 5.90. The Labute approximate surface area is 114 Å². The molecule has 1 aromatic rings. The number of benzene rings is 1. The van der Waals surface area contributed by atoms with Gasteiger partial charge in [-0.25, -0.2) is 4.39 Å². The maximum Gasteiger partial charge on any atom is 0.129 e. The minimum absolute atomic E-state index is 0.317. The topological polar surface area (TPSA) is 39.1 Å². The fraction of sp³-hybridized carbons (Fsp3) is 0.533. The quantitative estimate of drug-likeness (QED) is 0.889. The largest absolute Gasteiger partial charge is 0.382 e. The van der Waals surface area contributed by atoms with Gasteiger partial charge in [0, 0.05) is 29.9 Å². The number of hydrogen-bond donors (Lipinski definition) is 1. The molecule has 2 atom stereocenters. The van der Waals surface area contributed by atoms with Crippen LogP contribution in [0.2, 0.25) is 0 Å². The van der Waals surface area contributed by atoms with Crippen molar-refractivity contribution in [3.8, 4) is 6.07 Å². The van der Waals surface area contributed by atoms with Crippen LogP contribution in [0.15, 0.2) is 12.1 Å². The Morgan fingerprint density at radius 3 is 2.84 bits per heavy atom. The Morgan fingerprint density at radius 1 is 1.47 bits per heavy atom. The third kappa shape index (κ3) is 3.05. The van der Waals surface area contributed by atoms with Gasteiger partial charge in [0.1, 0.15) is 5.82 Å². The lowest BCUT2D eigenvalue weighted by Crippen LogP contribution is -2.42. The lowest BCUT2D eigenvalue weighted by molar-refractivity contribution is 0.190. The van der Waals surface area contributed by atoms with Crippen LogP contribution in [0.3, 0.4) is 0 Å². The Bertz CT molecular complexity index is 507. The first kappa shape index (κ1) is 13.8. The first-order chi connectivity index (χ1) is 9.01. The van der Waals surface area contributed by atoms with Gasteiger partial charge in [-0.05, 0) is 45.9 Å². The van der Waals surface area contributed by atoms with Crippen molar-refractivity contribution >= 4 is 5.69 Å². The Hall–Kier alpha value is -1.60. The molecule has 102 valence electrons. The summed E-state index contributed by atoms with van der Waals surface area (Å²) in [6.07, 6.45) is 2.08. The smallest absolute Gasteiger partial charge is 0.129 e. The van der Waals surface area contributed by atoms with E-state index in [1.807, 2.05) is 6.07 Å². The number of rotatable bonds is 2. The summed E-state index contributed by atoms with van der Waals surface area (Å²) in [7, 11) is 2.13. The Morgan fingerprint density at radius 2 is 2.21 bits per heavy atom. The van der Waals surface area contributed by atoms with Gasteiger partial charge in [-0.1, -0.05) is 0 Å². The van der Waals surface area contributed by atoms with Crippen LogP contribution in [0.4, 0.5) is 10.1 Å². The van der Waals surface area contributed by atoms with Crippen molar-refractivity contribution in [2.45, 2.75) is 38.8 Å². The van der Waals surface area contributed by atoms with Crippen LogP contribution in [0, 0.1) is 24.1 Å². The molecule has 0 aromatic heterocycles. The lowest BCUT2D eigenvalue weighted by Gasteiger charge is -2.36. The molecule has 1 aliphatic heterocycles. The average molecular weight is 261 g/mol. The van der Waals surface area contributed by atoms with Crippen LogP contribution in [-0.4, -0.2) is 30.6 Å². The number of piperidine rings is 1. The number of nitriles is 1. The molecule has 1 saturated heterocycles. The summed E-state index contributed by atoms with van der Waals surface area (Å²) in [5.41, 5.74) is 1.70. The van der Waals surface area contributed by atoms with Crippen LogP contribution in [0.1, 0.15) is 30.9 Å². The molecule has 0 spiro atoms. The SMILES string of the molecule is Cc1c(F)cc(C#N)cc1NC1CCN(C)C(C)C1. The molecule has 1 aliphatic rings. The van der Waals surface area contributed by atoms with Gasteiger partial charge in [-0.2, -0.15) is 5.26 Å². The van der Waals surface area contributed by atoms with E-state index < -0.39 is 0 Å². The van der Waals surface area contributed by atoms with E-state index in [1.165, 1.54) is 6.07 Å². The number of likely N-dealkylation sites (tertiary alicyclic amines) is 1. The molecule has 1 heterocycles. The highest BCUT2D eigenvalue weighted by Crippen LogP contribution is 2.25. The van der Waals surface area contributed by atoms with E-state index in [-0.39, 0.29) is 5.82 Å². The number of anilines is 1. The first-order valence-electron chi connectivity index (χ1n) is 6.68. The maximum atomic E-state index is 13.7. The number of halogens is 1. The van der Waals surface area contributed by atoms with Crippen molar-refractivity contribution < 1.29 is 4.39 Å². The third-order valence-corrected chi connectivity index (χ3v) is 4.04. The monoisotopic (exact) mass is 261 g/mol. The zero-order chi connectivity index (χ0) is 14.0. The zero-order valence-corrected chi connectivity index (χ0v) is 11.7. The number of hydrogen-bond acceptors (Lipinski definition) is 3. The van der Waals surface area contributed by atoms with E-state index in [0.717, 1.165) is 25.1 Å². The molecule has 1 aromatic carbocycles. The molecule has 0 amide bonds. The molecule has 4 heteroatoms. The minimum atomic E-state index is -0.317. The van der Waals surface area contributed by atoms with E-state index >= 15 is 0 Å². The van der Waals surface area contributed by atoms with Crippen molar-refractivity contribution in [1.82, 2.24) is 4.90 Å². The summed E-state index contributed by atoms with van der Waals surface area (Å²) >= 11 is 0. The summed E-state index contributed by atoms with van der Waals surface area (Å²) in [4.78, 5) is 2.33. The summed E-state index contributed by atoms with van der Waals surface area (Å²) in [5.74, 6) is -0.317. The fourth-order valence-electron chi connectivity index (χ4n) is 2.53. The van der Waals surface area contributed by atoms with Gasteiger partial charge >= 0.3 is 0 Å². The third-order valence-electron chi connectivity index (χ3n) is 4.04. The van der Waals surface area contributed by atoms with Crippen LogP contribution in [0.25, 0.3) is 0 Å². The second-order valence-corrected chi connectivity index (χ2v) is 5.44. The molecule has 3 nitrogen and oxygen atoms in total. The van der Waals surface area contributed by atoms with E-state index in [4.69, 9.17) is 5.26 Å². The number of nitrogens with one attached hydrogen (secondary N) is 1. The Kier molecular flexibility index (Phi) is 4.06. The van der Waals surface area contributed by atoms with Gasteiger partial charge in [0.25, 0.3) is 0 Å². The highest BCUT2D eigenvalue weighted by Gasteiger charge is 2.23. The van der Waals surface area contributed by atoms with Gasteiger partial charge in [-0.3, -0.25) is 0 Å².